The quantitative estimate of drug-likeness (QED) is 0.698. The molecule has 6 heteroatoms. The molecule has 0 radical (unpaired) electrons. The molecule has 0 bridgehead atoms. The van der Waals surface area contributed by atoms with Crippen molar-refractivity contribution in [3.63, 3.8) is 0 Å². The van der Waals surface area contributed by atoms with Gasteiger partial charge in [0.2, 0.25) is 5.91 Å². The van der Waals surface area contributed by atoms with Gasteiger partial charge in [-0.2, -0.15) is 5.26 Å². The van der Waals surface area contributed by atoms with Gasteiger partial charge in [0.25, 0.3) is 0 Å². The highest BCUT2D eigenvalue weighted by molar-refractivity contribution is 5.80. The second kappa shape index (κ2) is 8.54. The molecular formula is C23H31N5O. The van der Waals surface area contributed by atoms with E-state index in [4.69, 9.17) is 4.98 Å². The number of carbonyl (C=O) groups excluding carboxylic acids is 1. The van der Waals surface area contributed by atoms with Crippen molar-refractivity contribution in [3.05, 3.63) is 29.0 Å². The first-order valence-corrected chi connectivity index (χ1v) is 11.0. The molecule has 0 saturated heterocycles. The van der Waals surface area contributed by atoms with Crippen LogP contribution in [-0.2, 0) is 4.79 Å². The Morgan fingerprint density at radius 1 is 1.34 bits per heavy atom. The number of aromatic nitrogens is 1. The molecule has 2 aliphatic carbocycles. The topological polar surface area (TPSA) is 72.3 Å². The van der Waals surface area contributed by atoms with Gasteiger partial charge < -0.3 is 10.2 Å². The summed E-state index contributed by atoms with van der Waals surface area (Å²) in [7, 11) is 2.12. The van der Waals surface area contributed by atoms with E-state index in [9.17, 15) is 10.1 Å². The van der Waals surface area contributed by atoms with Crippen LogP contribution in [-0.4, -0.2) is 55.6 Å². The van der Waals surface area contributed by atoms with Crippen molar-refractivity contribution in [2.75, 3.05) is 44.7 Å². The summed E-state index contributed by atoms with van der Waals surface area (Å²) in [6, 6.07) is 4.45. The van der Waals surface area contributed by atoms with Crippen LogP contribution in [0.4, 0.5) is 5.82 Å². The van der Waals surface area contributed by atoms with Crippen LogP contribution in [0.3, 0.4) is 0 Å². The number of hydrogen-bond acceptors (Lipinski definition) is 5. The number of anilines is 1. The van der Waals surface area contributed by atoms with Gasteiger partial charge in [0.15, 0.2) is 0 Å². The van der Waals surface area contributed by atoms with Gasteiger partial charge in [0.05, 0.1) is 11.3 Å². The van der Waals surface area contributed by atoms with Gasteiger partial charge in [-0.25, -0.2) is 4.98 Å². The molecule has 4 rings (SSSR count). The standard InChI is InChI=1S/C23H31N5O/c1-3-10-28(12-9-25-23(29)17-6-7-17)22-19(14-24)13-20(18-8-11-27(2)15-18)21(26-22)16-4-5-16/h8,13,16-17H,3-7,9-12,15H2,1-2H3,(H,25,29). The summed E-state index contributed by atoms with van der Waals surface area (Å²) >= 11 is 0. The Bertz CT molecular complexity index is 848. The van der Waals surface area contributed by atoms with Crippen molar-refractivity contribution in [2.24, 2.45) is 5.92 Å². The fourth-order valence-corrected chi connectivity index (χ4v) is 4.04. The maximum absolute atomic E-state index is 12.0. The van der Waals surface area contributed by atoms with E-state index in [1.807, 2.05) is 0 Å². The fraction of sp³-hybridized carbons (Fsp3) is 0.609. The third-order valence-corrected chi connectivity index (χ3v) is 5.97. The van der Waals surface area contributed by atoms with E-state index in [2.05, 4.69) is 47.3 Å². The number of likely N-dealkylation sites (N-methyl/N-ethyl adjacent to an activating group) is 1. The van der Waals surface area contributed by atoms with Crippen molar-refractivity contribution in [2.45, 2.75) is 44.9 Å². The third kappa shape index (κ3) is 4.62. The number of pyridine rings is 1. The van der Waals surface area contributed by atoms with Gasteiger partial charge in [0, 0.05) is 50.1 Å². The second-order valence-electron chi connectivity index (χ2n) is 8.66. The van der Waals surface area contributed by atoms with Gasteiger partial charge in [-0.05, 0) is 50.8 Å². The molecule has 3 aliphatic rings. The summed E-state index contributed by atoms with van der Waals surface area (Å²) < 4.78 is 0. The van der Waals surface area contributed by atoms with Gasteiger partial charge >= 0.3 is 0 Å². The molecular weight excluding hydrogens is 362 g/mol. The molecule has 0 unspecified atom stereocenters. The largest absolute Gasteiger partial charge is 0.354 e. The van der Waals surface area contributed by atoms with Gasteiger partial charge in [-0.3, -0.25) is 9.69 Å². The van der Waals surface area contributed by atoms with E-state index in [0.29, 0.717) is 24.6 Å². The molecule has 6 nitrogen and oxygen atoms in total. The molecule has 0 aromatic carbocycles. The van der Waals surface area contributed by atoms with E-state index in [1.54, 1.807) is 0 Å². The number of rotatable bonds is 9. The Balaban J connectivity index is 1.59. The van der Waals surface area contributed by atoms with E-state index in [1.165, 1.54) is 18.4 Å². The van der Waals surface area contributed by atoms with Gasteiger partial charge in [-0.1, -0.05) is 13.0 Å². The first-order valence-electron chi connectivity index (χ1n) is 11.0. The lowest BCUT2D eigenvalue weighted by molar-refractivity contribution is -0.122. The van der Waals surface area contributed by atoms with Crippen LogP contribution in [0.15, 0.2) is 12.1 Å². The minimum Gasteiger partial charge on any atom is -0.354 e. The average Bonchev–Trinajstić information content (AvgIpc) is 3.64. The maximum Gasteiger partial charge on any atom is 0.223 e. The van der Waals surface area contributed by atoms with Gasteiger partial charge in [0.1, 0.15) is 11.9 Å². The maximum atomic E-state index is 12.0. The predicted octanol–water partition coefficient (Wildman–Crippen LogP) is 2.90. The van der Waals surface area contributed by atoms with Crippen molar-refractivity contribution >= 4 is 17.3 Å². The molecule has 1 aromatic heterocycles. The first kappa shape index (κ1) is 19.9. The fourth-order valence-electron chi connectivity index (χ4n) is 4.04. The molecule has 1 aromatic rings. The summed E-state index contributed by atoms with van der Waals surface area (Å²) in [6.45, 7) is 6.11. The highest BCUT2D eigenvalue weighted by Crippen LogP contribution is 2.44. The zero-order valence-corrected chi connectivity index (χ0v) is 17.6. The molecule has 2 saturated carbocycles. The number of nitrogens with zero attached hydrogens (tertiary/aromatic N) is 4. The zero-order valence-electron chi connectivity index (χ0n) is 17.6. The lowest BCUT2D eigenvalue weighted by Crippen LogP contribution is -2.37. The van der Waals surface area contributed by atoms with Crippen LogP contribution < -0.4 is 10.2 Å². The van der Waals surface area contributed by atoms with Crippen LogP contribution in [0, 0.1) is 17.2 Å². The summed E-state index contributed by atoms with van der Waals surface area (Å²) in [5, 5.41) is 12.9. The number of nitrogens with one attached hydrogen (secondary N) is 1. The minimum atomic E-state index is 0.168. The zero-order chi connectivity index (χ0) is 20.4. The van der Waals surface area contributed by atoms with E-state index < -0.39 is 0 Å². The molecule has 1 amide bonds. The molecule has 1 N–H and O–H groups in total. The number of nitriles is 1. The molecule has 1 aliphatic heterocycles. The van der Waals surface area contributed by atoms with Crippen molar-refractivity contribution in [3.8, 4) is 6.07 Å². The summed E-state index contributed by atoms with van der Waals surface area (Å²) in [6.07, 6.45) is 7.63. The number of hydrogen-bond donors (Lipinski definition) is 1. The molecule has 154 valence electrons. The van der Waals surface area contributed by atoms with Crippen molar-refractivity contribution < 1.29 is 4.79 Å². The van der Waals surface area contributed by atoms with Crippen LogP contribution in [0.25, 0.3) is 5.57 Å². The number of carbonyl (C=O) groups is 1. The SMILES string of the molecule is CCCN(CCNC(=O)C1CC1)c1nc(C2CC2)c(C2=CCN(C)C2)cc1C#N. The average molecular weight is 394 g/mol. The Labute approximate surface area is 173 Å². The lowest BCUT2D eigenvalue weighted by atomic mass is 9.99. The van der Waals surface area contributed by atoms with Crippen molar-refractivity contribution in [1.82, 2.24) is 15.2 Å². The lowest BCUT2D eigenvalue weighted by Gasteiger charge is -2.26. The molecule has 2 fully saturated rings. The molecule has 0 atom stereocenters. The summed E-state index contributed by atoms with van der Waals surface area (Å²) in [5.74, 6) is 1.69. The highest BCUT2D eigenvalue weighted by atomic mass is 16.2. The van der Waals surface area contributed by atoms with Crippen molar-refractivity contribution in [1.29, 1.82) is 5.26 Å². The Morgan fingerprint density at radius 2 is 2.14 bits per heavy atom. The van der Waals surface area contributed by atoms with Crippen LogP contribution in [0.1, 0.15) is 61.8 Å². The van der Waals surface area contributed by atoms with E-state index in [-0.39, 0.29) is 11.8 Å². The summed E-state index contributed by atoms with van der Waals surface area (Å²) in [5.41, 5.74) is 4.25. The smallest absolute Gasteiger partial charge is 0.223 e. The Kier molecular flexibility index (Phi) is 5.86. The van der Waals surface area contributed by atoms with Crippen LogP contribution >= 0.6 is 0 Å². The molecule has 0 spiro atoms. The monoisotopic (exact) mass is 393 g/mol. The molecule has 2 heterocycles. The minimum absolute atomic E-state index is 0.168. The molecule has 29 heavy (non-hydrogen) atoms. The predicted molar refractivity (Wildman–Crippen MR) is 115 cm³/mol. The Hall–Kier alpha value is -2.39. The van der Waals surface area contributed by atoms with Crippen LogP contribution in [0.5, 0.6) is 0 Å². The summed E-state index contributed by atoms with van der Waals surface area (Å²) in [4.78, 5) is 21.5. The van der Waals surface area contributed by atoms with Gasteiger partial charge in [-0.15, -0.1) is 0 Å². The number of amides is 1. The van der Waals surface area contributed by atoms with E-state index in [0.717, 1.165) is 56.0 Å². The third-order valence-electron chi connectivity index (χ3n) is 5.97. The normalized spacial score (nSPS) is 19.0. The van der Waals surface area contributed by atoms with Crippen LogP contribution in [0.2, 0.25) is 0 Å². The highest BCUT2D eigenvalue weighted by Gasteiger charge is 2.32. The Morgan fingerprint density at radius 3 is 2.72 bits per heavy atom. The van der Waals surface area contributed by atoms with E-state index >= 15 is 0 Å². The second-order valence-corrected chi connectivity index (χ2v) is 8.66. The first-order chi connectivity index (χ1) is 14.1.